The van der Waals surface area contributed by atoms with Gasteiger partial charge in [-0.2, -0.15) is 9.35 Å². The monoisotopic (exact) mass is 520 g/mol. The second-order valence-corrected chi connectivity index (χ2v) is 11.4. The number of anilines is 3. The summed E-state index contributed by atoms with van der Waals surface area (Å²) in [6.45, 7) is 7.21. The molecule has 11 nitrogen and oxygen atoms in total. The number of nitrogens with zero attached hydrogens (tertiary/aromatic N) is 7. The van der Waals surface area contributed by atoms with Crippen LogP contribution in [-0.4, -0.2) is 67.3 Å². The summed E-state index contributed by atoms with van der Waals surface area (Å²) in [7, 11) is -2.39. The minimum absolute atomic E-state index is 0.251. The number of fused-ring (bicyclic) bond motifs is 1. The molecule has 0 amide bonds. The molecule has 1 saturated heterocycles. The molecule has 1 aliphatic rings. The Bertz CT molecular complexity index is 1620. The summed E-state index contributed by atoms with van der Waals surface area (Å²) in [6, 6.07) is 9.75. The molecule has 4 aromatic rings. The van der Waals surface area contributed by atoms with Gasteiger partial charge in [0.1, 0.15) is 5.39 Å². The molecule has 0 saturated carbocycles. The first-order chi connectivity index (χ1) is 17.8. The predicted octanol–water partition coefficient (Wildman–Crippen LogP) is 3.10. The van der Waals surface area contributed by atoms with Crippen molar-refractivity contribution in [2.45, 2.75) is 6.54 Å². The molecular weight excluding hydrogens is 492 g/mol. The van der Waals surface area contributed by atoms with Gasteiger partial charge in [0, 0.05) is 52.9 Å². The number of hydrogen-bond donors (Lipinski definition) is 1. The molecule has 1 N–H and O–H groups in total. The van der Waals surface area contributed by atoms with Gasteiger partial charge in [0.2, 0.25) is 5.95 Å². The van der Waals surface area contributed by atoms with Gasteiger partial charge in [-0.05, 0) is 30.3 Å². The molecule has 0 unspecified atom stereocenters. The highest BCUT2D eigenvalue weighted by Gasteiger charge is 2.18. The summed E-state index contributed by atoms with van der Waals surface area (Å²) in [4.78, 5) is 28.7. The van der Waals surface area contributed by atoms with E-state index in [0.717, 1.165) is 37.7 Å². The fourth-order valence-electron chi connectivity index (χ4n) is 4.18. The van der Waals surface area contributed by atoms with Crippen molar-refractivity contribution < 1.29 is 8.95 Å². The molecule has 0 aliphatic carbocycles. The Balaban J connectivity index is 1.53. The van der Waals surface area contributed by atoms with E-state index >= 15 is 0 Å². The molecule has 0 bridgehead atoms. The van der Waals surface area contributed by atoms with E-state index in [1.807, 2.05) is 24.3 Å². The van der Waals surface area contributed by atoms with Crippen LogP contribution in [-0.2, 0) is 21.0 Å². The summed E-state index contributed by atoms with van der Waals surface area (Å²) in [5, 5.41) is 3.58. The Morgan fingerprint density at radius 1 is 1.14 bits per heavy atom. The van der Waals surface area contributed by atoms with Gasteiger partial charge in [0.15, 0.2) is 5.65 Å². The van der Waals surface area contributed by atoms with Gasteiger partial charge in [0.25, 0.3) is 5.56 Å². The molecule has 5 rings (SSSR count). The highest BCUT2D eigenvalue weighted by atomic mass is 32.2. The van der Waals surface area contributed by atoms with E-state index in [4.69, 9.17) is 4.74 Å². The highest BCUT2D eigenvalue weighted by Crippen LogP contribution is 2.23. The van der Waals surface area contributed by atoms with Crippen molar-refractivity contribution in [1.29, 1.82) is 0 Å². The number of rotatable bonds is 7. The molecule has 1 aromatic carbocycles. The lowest BCUT2D eigenvalue weighted by molar-refractivity contribution is 0.122. The summed E-state index contributed by atoms with van der Waals surface area (Å²) in [5.41, 5.74) is 3.09. The fraction of sp³-hybridized carbons (Fsp3) is 0.280. The summed E-state index contributed by atoms with van der Waals surface area (Å²) >= 11 is 0. The van der Waals surface area contributed by atoms with Crippen LogP contribution in [0.1, 0.15) is 0 Å². The standard InChI is InChI=1S/C25H28N8O3S/c1-4-9-32-24(34)22-17-27-25(28-18-5-7-20(8-6-18)31-10-12-36-13-11-31)29-23(22)33(32)21-14-19(15-26-16-21)30-37(2,3)35/h4-8,14-17H,1,9-13H2,2-3H3,(H,27,28,29). The van der Waals surface area contributed by atoms with Crippen molar-refractivity contribution in [1.82, 2.24) is 24.3 Å². The van der Waals surface area contributed by atoms with E-state index in [9.17, 15) is 9.00 Å². The van der Waals surface area contributed by atoms with E-state index in [0.29, 0.717) is 28.4 Å². The van der Waals surface area contributed by atoms with Crippen LogP contribution in [0.15, 0.2) is 70.7 Å². The van der Waals surface area contributed by atoms with Gasteiger partial charge >= 0.3 is 0 Å². The van der Waals surface area contributed by atoms with Crippen LogP contribution < -0.4 is 15.8 Å². The fourth-order valence-corrected chi connectivity index (χ4v) is 4.79. The first-order valence-corrected chi connectivity index (χ1v) is 14.1. The number of pyridine rings is 1. The first-order valence-electron chi connectivity index (χ1n) is 11.7. The number of ether oxygens (including phenoxy) is 1. The molecule has 0 atom stereocenters. The molecule has 0 spiro atoms. The van der Waals surface area contributed by atoms with Crippen molar-refractivity contribution >= 4 is 43.8 Å². The largest absolute Gasteiger partial charge is 0.378 e. The second kappa shape index (κ2) is 10.1. The quantitative estimate of drug-likeness (QED) is 0.369. The topological polar surface area (TPSA) is 120 Å². The van der Waals surface area contributed by atoms with Gasteiger partial charge in [-0.1, -0.05) is 6.08 Å². The van der Waals surface area contributed by atoms with E-state index < -0.39 is 9.73 Å². The molecule has 1 fully saturated rings. The van der Waals surface area contributed by atoms with E-state index in [-0.39, 0.29) is 12.1 Å². The van der Waals surface area contributed by atoms with Gasteiger partial charge in [-0.15, -0.1) is 6.58 Å². The zero-order valence-electron chi connectivity index (χ0n) is 20.7. The van der Waals surface area contributed by atoms with Crippen LogP contribution in [0.5, 0.6) is 0 Å². The molecule has 0 radical (unpaired) electrons. The molecule has 37 heavy (non-hydrogen) atoms. The normalized spacial score (nSPS) is 14.1. The smallest absolute Gasteiger partial charge is 0.278 e. The van der Waals surface area contributed by atoms with Gasteiger partial charge < -0.3 is 15.0 Å². The first kappa shape index (κ1) is 24.7. The minimum Gasteiger partial charge on any atom is -0.378 e. The van der Waals surface area contributed by atoms with Crippen LogP contribution in [0, 0.1) is 0 Å². The average molecular weight is 521 g/mol. The molecule has 1 aliphatic heterocycles. The molecular formula is C25H28N8O3S. The molecule has 3 aromatic heterocycles. The lowest BCUT2D eigenvalue weighted by Crippen LogP contribution is -2.36. The summed E-state index contributed by atoms with van der Waals surface area (Å²) in [6.07, 6.45) is 9.38. The Kier molecular flexibility index (Phi) is 6.76. The zero-order valence-corrected chi connectivity index (χ0v) is 21.5. The van der Waals surface area contributed by atoms with Gasteiger partial charge in [0.05, 0.1) is 43.5 Å². The van der Waals surface area contributed by atoms with Crippen LogP contribution in [0.2, 0.25) is 0 Å². The Morgan fingerprint density at radius 3 is 2.59 bits per heavy atom. The molecule has 12 heteroatoms. The third-order valence-corrected chi connectivity index (χ3v) is 6.41. The van der Waals surface area contributed by atoms with Crippen LogP contribution in [0.25, 0.3) is 16.7 Å². The van der Waals surface area contributed by atoms with Crippen molar-refractivity contribution in [3.05, 3.63) is 71.9 Å². The lowest BCUT2D eigenvalue weighted by atomic mass is 10.2. The molecule has 4 heterocycles. The SMILES string of the molecule is C=CCn1c(=O)c2cnc(Nc3ccc(N4CCOCC4)cc3)nc2n1-c1cncc(N=S(C)(C)=O)c1. The van der Waals surface area contributed by atoms with Crippen LogP contribution >= 0.6 is 0 Å². The average Bonchev–Trinajstić information content (AvgIpc) is 3.15. The Morgan fingerprint density at radius 2 is 1.89 bits per heavy atom. The van der Waals surface area contributed by atoms with E-state index in [2.05, 4.69) is 36.1 Å². The maximum Gasteiger partial charge on any atom is 0.278 e. The summed E-state index contributed by atoms with van der Waals surface area (Å²) in [5.74, 6) is 0.343. The van der Waals surface area contributed by atoms with Crippen molar-refractivity contribution in [3.8, 4) is 5.69 Å². The third kappa shape index (κ3) is 5.39. The van der Waals surface area contributed by atoms with Gasteiger partial charge in [-0.3, -0.25) is 9.78 Å². The predicted molar refractivity (Wildman–Crippen MR) is 146 cm³/mol. The third-order valence-electron chi connectivity index (χ3n) is 5.76. The second-order valence-electron chi connectivity index (χ2n) is 8.86. The van der Waals surface area contributed by atoms with Crippen LogP contribution in [0.3, 0.4) is 0 Å². The maximum atomic E-state index is 13.2. The Labute approximate surface area is 214 Å². The number of hydrogen-bond acceptors (Lipinski definition) is 9. The van der Waals surface area contributed by atoms with E-state index in [1.165, 1.54) is 17.1 Å². The lowest BCUT2D eigenvalue weighted by Gasteiger charge is -2.28. The number of allylic oxidation sites excluding steroid dienone is 1. The number of aromatic nitrogens is 5. The van der Waals surface area contributed by atoms with Crippen molar-refractivity contribution in [2.75, 3.05) is 49.0 Å². The zero-order chi connectivity index (χ0) is 26.0. The minimum atomic E-state index is -2.39. The van der Waals surface area contributed by atoms with Gasteiger partial charge in [-0.25, -0.2) is 18.6 Å². The van der Waals surface area contributed by atoms with Crippen molar-refractivity contribution in [3.63, 3.8) is 0 Å². The molecule has 192 valence electrons. The maximum absolute atomic E-state index is 13.2. The number of benzene rings is 1. The summed E-state index contributed by atoms with van der Waals surface area (Å²) < 4.78 is 25.0. The Hall–Kier alpha value is -4.03. The highest BCUT2D eigenvalue weighted by molar-refractivity contribution is 7.92. The van der Waals surface area contributed by atoms with E-state index in [1.54, 1.807) is 35.5 Å². The number of morpholine rings is 1. The van der Waals surface area contributed by atoms with Crippen molar-refractivity contribution in [2.24, 2.45) is 4.36 Å². The number of nitrogens with one attached hydrogen (secondary N) is 1. The van der Waals surface area contributed by atoms with Crippen LogP contribution in [0.4, 0.5) is 23.0 Å².